The van der Waals surface area contributed by atoms with Crippen LogP contribution in [0.25, 0.3) is 0 Å². The molecular formula is C14H22F3NO5S2. The van der Waals surface area contributed by atoms with Crippen molar-refractivity contribution in [2.45, 2.75) is 38.8 Å². The van der Waals surface area contributed by atoms with Crippen molar-refractivity contribution in [3.05, 3.63) is 0 Å². The molecule has 0 spiro atoms. The van der Waals surface area contributed by atoms with E-state index in [1.54, 1.807) is 21.6 Å². The van der Waals surface area contributed by atoms with Crippen molar-refractivity contribution >= 4 is 39.4 Å². The molecule has 0 saturated heterocycles. The van der Waals surface area contributed by atoms with Crippen LogP contribution in [0.15, 0.2) is 0 Å². The second-order valence-electron chi connectivity index (χ2n) is 5.40. The maximum absolute atomic E-state index is 11.8. The molecule has 1 aliphatic carbocycles. The molecule has 25 heavy (non-hydrogen) atoms. The molecule has 1 aliphatic rings. The van der Waals surface area contributed by atoms with Crippen molar-refractivity contribution in [3.63, 3.8) is 0 Å². The van der Waals surface area contributed by atoms with Crippen LogP contribution in [0.4, 0.5) is 13.2 Å². The summed E-state index contributed by atoms with van der Waals surface area (Å²) in [6.45, 7) is 2.82. The zero-order valence-electron chi connectivity index (χ0n) is 13.7. The van der Waals surface area contributed by atoms with E-state index in [0.717, 1.165) is 18.6 Å². The molecule has 2 atom stereocenters. The minimum Gasteiger partial charge on any atom is -0.481 e. The first-order chi connectivity index (χ1) is 11.6. The normalized spacial score (nSPS) is 19.7. The predicted molar refractivity (Wildman–Crippen MR) is 90.4 cm³/mol. The SMILES string of the molecule is CC1CCCC1C(=O)NCCSSCCC(=O)O.O=C(O)C(F)(F)F. The third kappa shape index (κ3) is 12.0. The van der Waals surface area contributed by atoms with Gasteiger partial charge in [0.25, 0.3) is 0 Å². The van der Waals surface area contributed by atoms with E-state index in [1.807, 2.05) is 0 Å². The number of carboxylic acids is 2. The number of halogens is 3. The molecule has 0 heterocycles. The molecule has 6 nitrogen and oxygen atoms in total. The van der Waals surface area contributed by atoms with E-state index in [9.17, 15) is 22.8 Å². The monoisotopic (exact) mass is 405 g/mol. The molecule has 11 heteroatoms. The van der Waals surface area contributed by atoms with Gasteiger partial charge in [-0.1, -0.05) is 34.9 Å². The maximum Gasteiger partial charge on any atom is 0.490 e. The van der Waals surface area contributed by atoms with Gasteiger partial charge in [0.1, 0.15) is 0 Å². The highest BCUT2D eigenvalue weighted by molar-refractivity contribution is 8.76. The number of hydrogen-bond donors (Lipinski definition) is 3. The zero-order chi connectivity index (χ0) is 19.5. The molecule has 0 aromatic heterocycles. The second-order valence-corrected chi connectivity index (χ2v) is 8.10. The highest BCUT2D eigenvalue weighted by Gasteiger charge is 2.38. The Bertz CT molecular complexity index is 449. The second kappa shape index (κ2) is 12.3. The average Bonchev–Trinajstić information content (AvgIpc) is 2.91. The summed E-state index contributed by atoms with van der Waals surface area (Å²) in [4.78, 5) is 31.0. The summed E-state index contributed by atoms with van der Waals surface area (Å²) in [5.41, 5.74) is 0. The Labute approximate surface area is 151 Å². The fourth-order valence-electron chi connectivity index (χ4n) is 2.13. The van der Waals surface area contributed by atoms with Gasteiger partial charge in [-0.15, -0.1) is 0 Å². The Morgan fingerprint density at radius 1 is 1.12 bits per heavy atom. The van der Waals surface area contributed by atoms with Crippen LogP contribution in [0.5, 0.6) is 0 Å². The largest absolute Gasteiger partial charge is 0.490 e. The Morgan fingerprint density at radius 3 is 2.12 bits per heavy atom. The molecule has 0 aromatic rings. The van der Waals surface area contributed by atoms with Crippen molar-refractivity contribution in [1.29, 1.82) is 0 Å². The summed E-state index contributed by atoms with van der Waals surface area (Å²) < 4.78 is 31.7. The van der Waals surface area contributed by atoms with Gasteiger partial charge < -0.3 is 15.5 Å². The van der Waals surface area contributed by atoms with Gasteiger partial charge in [0.15, 0.2) is 0 Å². The van der Waals surface area contributed by atoms with Crippen LogP contribution in [-0.4, -0.2) is 52.3 Å². The van der Waals surface area contributed by atoms with E-state index in [2.05, 4.69) is 12.2 Å². The summed E-state index contributed by atoms with van der Waals surface area (Å²) in [6.07, 6.45) is -1.53. The van der Waals surface area contributed by atoms with Crippen LogP contribution < -0.4 is 5.32 Å². The van der Waals surface area contributed by atoms with Gasteiger partial charge in [-0.3, -0.25) is 9.59 Å². The number of aliphatic carboxylic acids is 2. The number of rotatable bonds is 8. The Balaban J connectivity index is 0.000000697. The lowest BCUT2D eigenvalue weighted by Gasteiger charge is -2.14. The number of amides is 1. The number of carbonyl (C=O) groups is 3. The van der Waals surface area contributed by atoms with Crippen LogP contribution in [0.2, 0.25) is 0 Å². The molecule has 3 N–H and O–H groups in total. The van der Waals surface area contributed by atoms with Crippen molar-refractivity contribution in [2.75, 3.05) is 18.1 Å². The summed E-state index contributed by atoms with van der Waals surface area (Å²) in [5.74, 6) is -1.16. The molecule has 1 amide bonds. The Hall–Kier alpha value is -1.10. The number of carbonyl (C=O) groups excluding carboxylic acids is 1. The van der Waals surface area contributed by atoms with Crippen LogP contribution in [0, 0.1) is 11.8 Å². The number of hydrogen-bond acceptors (Lipinski definition) is 5. The van der Waals surface area contributed by atoms with E-state index in [0.29, 0.717) is 18.2 Å². The van der Waals surface area contributed by atoms with Crippen molar-refractivity contribution in [1.82, 2.24) is 5.32 Å². The highest BCUT2D eigenvalue weighted by Crippen LogP contribution is 2.31. The third-order valence-electron chi connectivity index (χ3n) is 3.41. The Morgan fingerprint density at radius 2 is 1.68 bits per heavy atom. The smallest absolute Gasteiger partial charge is 0.481 e. The molecule has 1 rings (SSSR count). The fourth-order valence-corrected chi connectivity index (χ4v) is 4.01. The van der Waals surface area contributed by atoms with Gasteiger partial charge in [-0.25, -0.2) is 4.79 Å². The lowest BCUT2D eigenvalue weighted by molar-refractivity contribution is -0.192. The van der Waals surface area contributed by atoms with Gasteiger partial charge in [0.2, 0.25) is 5.91 Å². The fraction of sp³-hybridized carbons (Fsp3) is 0.786. The zero-order valence-corrected chi connectivity index (χ0v) is 15.3. The van der Waals surface area contributed by atoms with Gasteiger partial charge in [-0.05, 0) is 18.8 Å². The van der Waals surface area contributed by atoms with Crippen LogP contribution in [0.3, 0.4) is 0 Å². The van der Waals surface area contributed by atoms with Gasteiger partial charge in [0, 0.05) is 24.0 Å². The molecule has 0 aliphatic heterocycles. The lowest BCUT2D eigenvalue weighted by Crippen LogP contribution is -2.33. The van der Waals surface area contributed by atoms with E-state index in [1.165, 1.54) is 6.42 Å². The number of alkyl halides is 3. The van der Waals surface area contributed by atoms with Crippen molar-refractivity contribution < 1.29 is 37.8 Å². The first-order valence-electron chi connectivity index (χ1n) is 7.59. The first-order valence-corrected chi connectivity index (χ1v) is 10.1. The molecule has 146 valence electrons. The number of carboxylic acid groups (broad SMARTS) is 2. The van der Waals surface area contributed by atoms with E-state index in [4.69, 9.17) is 15.0 Å². The standard InChI is InChI=1S/C12H21NO3S2.C2HF3O2/c1-9-3-2-4-10(9)12(16)13-6-8-18-17-7-5-11(14)15;3-2(4,5)1(6)7/h9-10H,2-8H2,1H3,(H,13,16)(H,14,15);(H,6,7). The van der Waals surface area contributed by atoms with Crippen LogP contribution in [-0.2, 0) is 14.4 Å². The summed E-state index contributed by atoms with van der Waals surface area (Å²) in [6, 6.07) is 0. The van der Waals surface area contributed by atoms with Gasteiger partial charge >= 0.3 is 18.1 Å². The quantitative estimate of drug-likeness (QED) is 0.421. The molecule has 2 unspecified atom stereocenters. The minimum atomic E-state index is -5.08. The summed E-state index contributed by atoms with van der Waals surface area (Å²) in [7, 11) is 3.17. The molecule has 0 bridgehead atoms. The maximum atomic E-state index is 11.8. The molecule has 1 fully saturated rings. The summed E-state index contributed by atoms with van der Waals surface area (Å²) >= 11 is 0. The summed E-state index contributed by atoms with van der Waals surface area (Å²) in [5, 5.41) is 18.5. The topological polar surface area (TPSA) is 104 Å². The van der Waals surface area contributed by atoms with Crippen molar-refractivity contribution in [3.8, 4) is 0 Å². The number of nitrogens with one attached hydrogen (secondary N) is 1. The molecule has 0 aromatic carbocycles. The lowest BCUT2D eigenvalue weighted by atomic mass is 9.97. The van der Waals surface area contributed by atoms with Crippen LogP contribution in [0.1, 0.15) is 32.6 Å². The first kappa shape index (κ1) is 23.9. The van der Waals surface area contributed by atoms with E-state index < -0.39 is 18.1 Å². The average molecular weight is 405 g/mol. The van der Waals surface area contributed by atoms with Crippen molar-refractivity contribution in [2.24, 2.45) is 11.8 Å². The highest BCUT2D eigenvalue weighted by atomic mass is 33.1. The third-order valence-corrected chi connectivity index (χ3v) is 5.82. The molecule has 1 saturated carbocycles. The molecular weight excluding hydrogens is 383 g/mol. The van der Waals surface area contributed by atoms with E-state index >= 15 is 0 Å². The van der Waals surface area contributed by atoms with Gasteiger partial charge in [0.05, 0.1) is 6.42 Å². The van der Waals surface area contributed by atoms with Crippen LogP contribution >= 0.6 is 21.6 Å². The predicted octanol–water partition coefficient (Wildman–Crippen LogP) is 3.03. The van der Waals surface area contributed by atoms with Gasteiger partial charge in [-0.2, -0.15) is 13.2 Å². The Kier molecular flexibility index (Phi) is 11.7. The van der Waals surface area contributed by atoms with E-state index in [-0.39, 0.29) is 18.2 Å². The molecule has 0 radical (unpaired) electrons. The minimum absolute atomic E-state index is 0.191.